The van der Waals surface area contributed by atoms with Crippen molar-refractivity contribution in [1.29, 1.82) is 0 Å². The van der Waals surface area contributed by atoms with E-state index in [-0.39, 0.29) is 0 Å². The maximum Gasteiger partial charge on any atom is 0.0704 e. The van der Waals surface area contributed by atoms with E-state index in [0.29, 0.717) is 25.4 Å². The minimum Gasteiger partial charge on any atom is -0.376 e. The lowest BCUT2D eigenvalue weighted by Crippen LogP contribution is -2.19. The molecule has 0 aliphatic rings. The number of hydrogen-bond acceptors (Lipinski definition) is 3. The molecule has 0 aromatic heterocycles. The van der Waals surface area contributed by atoms with Crippen molar-refractivity contribution in [3.63, 3.8) is 0 Å². The summed E-state index contributed by atoms with van der Waals surface area (Å²) < 4.78 is 10.9. The highest BCUT2D eigenvalue weighted by molar-refractivity contribution is 4.51. The first-order valence-corrected chi connectivity index (χ1v) is 5.04. The topological polar surface area (TPSA) is 30.5 Å². The van der Waals surface area contributed by atoms with Crippen molar-refractivity contribution in [3.05, 3.63) is 0 Å². The first-order valence-electron chi connectivity index (χ1n) is 5.04. The minimum absolute atomic E-state index is 0.302. The Kier molecular flexibility index (Phi) is 8.40. The highest BCUT2D eigenvalue weighted by atomic mass is 16.5. The summed E-state index contributed by atoms with van der Waals surface area (Å²) in [6.07, 6.45) is 1.68. The molecule has 0 saturated carbocycles. The molecule has 0 rings (SSSR count). The number of rotatable bonds is 8. The van der Waals surface area contributed by atoms with E-state index in [1.165, 1.54) is 0 Å². The first kappa shape index (κ1) is 12.9. The Balaban J connectivity index is 3.12. The zero-order chi connectivity index (χ0) is 10.1. The fourth-order valence-electron chi connectivity index (χ4n) is 0.964. The highest BCUT2D eigenvalue weighted by Crippen LogP contribution is 1.96. The molecular formula is C10H23NO2. The zero-order valence-electron chi connectivity index (χ0n) is 9.30. The molecule has 0 heterocycles. The lowest BCUT2D eigenvalue weighted by molar-refractivity contribution is -0.00857. The van der Waals surface area contributed by atoms with Gasteiger partial charge in [-0.3, -0.25) is 0 Å². The van der Waals surface area contributed by atoms with Gasteiger partial charge in [0.05, 0.1) is 25.4 Å². The summed E-state index contributed by atoms with van der Waals surface area (Å²) in [4.78, 5) is 0. The molecule has 13 heavy (non-hydrogen) atoms. The fourth-order valence-corrected chi connectivity index (χ4v) is 0.964. The van der Waals surface area contributed by atoms with Crippen molar-refractivity contribution >= 4 is 0 Å². The van der Waals surface area contributed by atoms with Crippen LogP contribution >= 0.6 is 0 Å². The molecule has 0 saturated heterocycles. The van der Waals surface area contributed by atoms with Crippen LogP contribution in [0, 0.1) is 0 Å². The molecule has 0 radical (unpaired) electrons. The van der Waals surface area contributed by atoms with E-state index < -0.39 is 0 Å². The average molecular weight is 189 g/mol. The standard InChI is InChI=1S/C10H23NO2/c1-9(2)12-7-8-13-10(3)5-6-11-4/h9-11H,5-8H2,1-4H3. The fraction of sp³-hybridized carbons (Fsp3) is 1.00. The summed E-state index contributed by atoms with van der Waals surface area (Å²) in [7, 11) is 1.95. The molecule has 0 aromatic rings. The van der Waals surface area contributed by atoms with Crippen LogP contribution in [0.1, 0.15) is 27.2 Å². The van der Waals surface area contributed by atoms with Gasteiger partial charge >= 0.3 is 0 Å². The van der Waals surface area contributed by atoms with Gasteiger partial charge in [-0.25, -0.2) is 0 Å². The van der Waals surface area contributed by atoms with Crippen LogP contribution in [0.25, 0.3) is 0 Å². The van der Waals surface area contributed by atoms with Gasteiger partial charge in [0.15, 0.2) is 0 Å². The molecule has 80 valence electrons. The van der Waals surface area contributed by atoms with Gasteiger partial charge in [-0.05, 0) is 40.8 Å². The predicted octanol–water partition coefficient (Wildman–Crippen LogP) is 1.43. The van der Waals surface area contributed by atoms with Crippen LogP contribution in [0.3, 0.4) is 0 Å². The third kappa shape index (κ3) is 9.80. The van der Waals surface area contributed by atoms with E-state index in [2.05, 4.69) is 12.2 Å². The van der Waals surface area contributed by atoms with Gasteiger partial charge < -0.3 is 14.8 Å². The second kappa shape index (κ2) is 8.48. The Labute approximate surface area is 81.8 Å². The number of hydrogen-bond donors (Lipinski definition) is 1. The molecule has 0 aliphatic heterocycles. The quantitative estimate of drug-likeness (QED) is 0.586. The Morgan fingerprint density at radius 2 is 1.69 bits per heavy atom. The average Bonchev–Trinajstić information content (AvgIpc) is 2.08. The van der Waals surface area contributed by atoms with E-state index in [1.54, 1.807) is 0 Å². The second-order valence-corrected chi connectivity index (χ2v) is 3.49. The number of ether oxygens (including phenoxy) is 2. The molecule has 1 N–H and O–H groups in total. The Morgan fingerprint density at radius 1 is 1.08 bits per heavy atom. The largest absolute Gasteiger partial charge is 0.376 e. The van der Waals surface area contributed by atoms with Crippen LogP contribution < -0.4 is 5.32 Å². The molecule has 3 nitrogen and oxygen atoms in total. The first-order chi connectivity index (χ1) is 6.16. The van der Waals surface area contributed by atoms with Crippen LogP contribution in [0.15, 0.2) is 0 Å². The van der Waals surface area contributed by atoms with Crippen molar-refractivity contribution in [3.8, 4) is 0 Å². The molecule has 0 aliphatic carbocycles. The van der Waals surface area contributed by atoms with Crippen molar-refractivity contribution in [2.24, 2.45) is 0 Å². The monoisotopic (exact) mass is 189 g/mol. The van der Waals surface area contributed by atoms with Crippen LogP contribution in [0.5, 0.6) is 0 Å². The molecule has 0 aromatic carbocycles. The van der Waals surface area contributed by atoms with E-state index in [1.807, 2.05) is 20.9 Å². The predicted molar refractivity (Wildman–Crippen MR) is 55.0 cm³/mol. The SMILES string of the molecule is CNCCC(C)OCCOC(C)C. The number of nitrogens with one attached hydrogen (secondary N) is 1. The second-order valence-electron chi connectivity index (χ2n) is 3.49. The van der Waals surface area contributed by atoms with Crippen LogP contribution in [0.2, 0.25) is 0 Å². The molecule has 0 bridgehead atoms. The van der Waals surface area contributed by atoms with Crippen LogP contribution in [0.4, 0.5) is 0 Å². The molecular weight excluding hydrogens is 166 g/mol. The molecule has 0 amide bonds. The molecule has 3 heteroatoms. The third-order valence-corrected chi connectivity index (χ3v) is 1.74. The van der Waals surface area contributed by atoms with Crippen LogP contribution in [-0.4, -0.2) is 39.0 Å². The molecule has 1 unspecified atom stereocenters. The zero-order valence-corrected chi connectivity index (χ0v) is 9.30. The van der Waals surface area contributed by atoms with E-state index in [0.717, 1.165) is 13.0 Å². The van der Waals surface area contributed by atoms with Gasteiger partial charge in [0.2, 0.25) is 0 Å². The van der Waals surface area contributed by atoms with Gasteiger partial charge in [-0.15, -0.1) is 0 Å². The maximum atomic E-state index is 5.53. The van der Waals surface area contributed by atoms with Gasteiger partial charge in [-0.1, -0.05) is 0 Å². The van der Waals surface area contributed by atoms with E-state index >= 15 is 0 Å². The van der Waals surface area contributed by atoms with Crippen LogP contribution in [-0.2, 0) is 9.47 Å². The summed E-state index contributed by atoms with van der Waals surface area (Å²) in [6, 6.07) is 0. The highest BCUT2D eigenvalue weighted by Gasteiger charge is 2.00. The van der Waals surface area contributed by atoms with Crippen molar-refractivity contribution < 1.29 is 9.47 Å². The maximum absolute atomic E-state index is 5.53. The van der Waals surface area contributed by atoms with E-state index in [9.17, 15) is 0 Å². The van der Waals surface area contributed by atoms with Crippen molar-refractivity contribution in [2.75, 3.05) is 26.8 Å². The lowest BCUT2D eigenvalue weighted by Gasteiger charge is -2.13. The summed E-state index contributed by atoms with van der Waals surface area (Å²) in [5.74, 6) is 0. The Morgan fingerprint density at radius 3 is 2.23 bits per heavy atom. The Hall–Kier alpha value is -0.120. The normalized spacial score (nSPS) is 13.6. The smallest absolute Gasteiger partial charge is 0.0704 e. The molecule has 0 fully saturated rings. The summed E-state index contributed by atoms with van der Waals surface area (Å²) in [5, 5.41) is 3.10. The molecule has 0 spiro atoms. The van der Waals surface area contributed by atoms with Gasteiger partial charge in [-0.2, -0.15) is 0 Å². The summed E-state index contributed by atoms with van der Waals surface area (Å²) >= 11 is 0. The molecule has 1 atom stereocenters. The summed E-state index contributed by atoms with van der Waals surface area (Å²) in [6.45, 7) is 8.55. The van der Waals surface area contributed by atoms with Gasteiger partial charge in [0.1, 0.15) is 0 Å². The van der Waals surface area contributed by atoms with Crippen molar-refractivity contribution in [1.82, 2.24) is 5.32 Å². The minimum atomic E-state index is 0.302. The van der Waals surface area contributed by atoms with E-state index in [4.69, 9.17) is 9.47 Å². The van der Waals surface area contributed by atoms with Crippen molar-refractivity contribution in [2.45, 2.75) is 39.4 Å². The summed E-state index contributed by atoms with van der Waals surface area (Å²) in [5.41, 5.74) is 0. The van der Waals surface area contributed by atoms with Gasteiger partial charge in [0, 0.05) is 0 Å². The third-order valence-electron chi connectivity index (χ3n) is 1.74. The lowest BCUT2D eigenvalue weighted by atomic mass is 10.3. The Bertz CT molecular complexity index is 107. The van der Waals surface area contributed by atoms with Gasteiger partial charge in [0.25, 0.3) is 0 Å².